The predicted molar refractivity (Wildman–Crippen MR) is 132 cm³/mol. The minimum atomic E-state index is -0.591. The first-order chi connectivity index (χ1) is 14.9. The summed E-state index contributed by atoms with van der Waals surface area (Å²) in [6.45, 7) is 1.45. The molecule has 9 heteroatoms. The van der Waals surface area contributed by atoms with Crippen molar-refractivity contribution >= 4 is 35.8 Å². The van der Waals surface area contributed by atoms with Crippen molar-refractivity contribution in [3.05, 3.63) is 64.7 Å². The number of carbonyl (C=O) groups excluding carboxylic acids is 1. The van der Waals surface area contributed by atoms with Crippen molar-refractivity contribution in [1.82, 2.24) is 15.1 Å². The molecule has 174 valence electrons. The van der Waals surface area contributed by atoms with Crippen LogP contribution in [0.4, 0.5) is 8.78 Å². The quantitative estimate of drug-likeness (QED) is 0.336. The number of halogens is 3. The molecule has 0 bridgehead atoms. The van der Waals surface area contributed by atoms with Crippen LogP contribution in [0, 0.1) is 11.6 Å². The van der Waals surface area contributed by atoms with Crippen LogP contribution in [0.2, 0.25) is 0 Å². The summed E-state index contributed by atoms with van der Waals surface area (Å²) in [7, 11) is 4.98. The summed E-state index contributed by atoms with van der Waals surface area (Å²) in [5.41, 5.74) is 2.28. The Hall–Kier alpha value is -2.43. The average Bonchev–Trinajstić information content (AvgIpc) is 2.75. The van der Waals surface area contributed by atoms with Gasteiger partial charge in [0, 0.05) is 39.8 Å². The third kappa shape index (κ3) is 6.78. The van der Waals surface area contributed by atoms with Gasteiger partial charge in [-0.2, -0.15) is 0 Å². The monoisotopic (exact) mass is 558 g/mol. The highest BCUT2D eigenvalue weighted by Gasteiger charge is 2.23. The van der Waals surface area contributed by atoms with Gasteiger partial charge in [0.05, 0.1) is 7.11 Å². The standard InChI is InChI=1S/C23H28F2N4O2.HI/c1-28(2)22(30)14-27-23(26-10-8-16-4-6-19(31-3)7-5-16)29-11-9-20-17(15-29)12-18(24)13-21(20)25;/h4-7,12-13H,8-11,14-15H2,1-3H3,(H,26,27);1H. The minimum Gasteiger partial charge on any atom is -0.497 e. The highest BCUT2D eigenvalue weighted by molar-refractivity contribution is 14.0. The van der Waals surface area contributed by atoms with Gasteiger partial charge in [-0.25, -0.2) is 13.8 Å². The minimum absolute atomic E-state index is 0. The molecule has 1 heterocycles. The maximum atomic E-state index is 14.1. The number of nitrogens with one attached hydrogen (secondary N) is 1. The van der Waals surface area contributed by atoms with Crippen LogP contribution in [-0.4, -0.2) is 62.5 Å². The van der Waals surface area contributed by atoms with E-state index >= 15 is 0 Å². The van der Waals surface area contributed by atoms with E-state index in [9.17, 15) is 13.6 Å². The molecule has 0 aromatic heterocycles. The third-order valence-corrected chi connectivity index (χ3v) is 5.26. The fourth-order valence-electron chi connectivity index (χ4n) is 3.45. The van der Waals surface area contributed by atoms with Gasteiger partial charge in [0.2, 0.25) is 5.91 Å². The van der Waals surface area contributed by atoms with Crippen LogP contribution in [0.25, 0.3) is 0 Å². The molecule has 0 aliphatic carbocycles. The van der Waals surface area contributed by atoms with E-state index in [2.05, 4.69) is 10.3 Å². The molecule has 0 unspecified atom stereocenters. The zero-order valence-corrected chi connectivity index (χ0v) is 20.9. The van der Waals surface area contributed by atoms with Crippen LogP contribution >= 0.6 is 24.0 Å². The largest absolute Gasteiger partial charge is 0.497 e. The molecule has 1 amide bonds. The molecular weight excluding hydrogens is 529 g/mol. The van der Waals surface area contributed by atoms with E-state index < -0.39 is 11.6 Å². The molecule has 6 nitrogen and oxygen atoms in total. The second-order valence-electron chi connectivity index (χ2n) is 7.65. The summed E-state index contributed by atoms with van der Waals surface area (Å²) in [5, 5.41) is 3.31. The number of rotatable bonds is 6. The number of likely N-dealkylation sites (N-methyl/N-ethyl adjacent to an activating group) is 1. The number of benzene rings is 2. The van der Waals surface area contributed by atoms with Crippen LogP contribution < -0.4 is 10.1 Å². The summed E-state index contributed by atoms with van der Waals surface area (Å²) in [6.07, 6.45) is 1.20. The second-order valence-corrected chi connectivity index (χ2v) is 7.65. The highest BCUT2D eigenvalue weighted by Crippen LogP contribution is 2.23. The lowest BCUT2D eigenvalue weighted by atomic mass is 9.99. The van der Waals surface area contributed by atoms with Crippen molar-refractivity contribution in [2.45, 2.75) is 19.4 Å². The zero-order valence-electron chi connectivity index (χ0n) is 18.5. The summed E-state index contributed by atoms with van der Waals surface area (Å²) < 4.78 is 33.0. The topological polar surface area (TPSA) is 57.2 Å². The molecule has 2 aromatic carbocycles. The first kappa shape index (κ1) is 25.8. The molecule has 32 heavy (non-hydrogen) atoms. The van der Waals surface area contributed by atoms with Crippen LogP contribution in [-0.2, 0) is 24.2 Å². The Morgan fingerprint density at radius 1 is 1.22 bits per heavy atom. The molecule has 1 N–H and O–H groups in total. The number of fused-ring (bicyclic) bond motifs is 1. The number of nitrogens with zero attached hydrogens (tertiary/aromatic N) is 3. The normalized spacial score (nSPS) is 13.2. The van der Waals surface area contributed by atoms with Crippen molar-refractivity contribution in [2.24, 2.45) is 4.99 Å². The van der Waals surface area contributed by atoms with Gasteiger partial charge < -0.3 is 19.9 Å². The van der Waals surface area contributed by atoms with Crippen molar-refractivity contribution in [3.63, 3.8) is 0 Å². The fraction of sp³-hybridized carbons (Fsp3) is 0.391. The highest BCUT2D eigenvalue weighted by atomic mass is 127. The van der Waals surface area contributed by atoms with Crippen molar-refractivity contribution in [1.29, 1.82) is 0 Å². The summed E-state index contributed by atoms with van der Waals surface area (Å²) in [6, 6.07) is 10.1. The maximum Gasteiger partial charge on any atom is 0.243 e. The fourth-order valence-corrected chi connectivity index (χ4v) is 3.45. The molecule has 0 saturated heterocycles. The van der Waals surface area contributed by atoms with Gasteiger partial charge in [-0.15, -0.1) is 24.0 Å². The molecule has 1 aliphatic heterocycles. The summed E-state index contributed by atoms with van der Waals surface area (Å²) in [5.74, 6) is 0.130. The lowest BCUT2D eigenvalue weighted by Crippen LogP contribution is -2.45. The Kier molecular flexibility index (Phi) is 9.67. The molecule has 3 rings (SSSR count). The molecular formula is C23H29F2IN4O2. The molecule has 0 saturated carbocycles. The zero-order chi connectivity index (χ0) is 22.4. The molecule has 0 radical (unpaired) electrons. The van der Waals surface area contributed by atoms with E-state index in [-0.39, 0.29) is 36.4 Å². The number of guanidine groups is 1. The molecule has 1 aliphatic rings. The molecule has 0 fully saturated rings. The van der Waals surface area contributed by atoms with Crippen molar-refractivity contribution in [3.8, 4) is 5.75 Å². The maximum absolute atomic E-state index is 14.1. The van der Waals surface area contributed by atoms with E-state index in [1.807, 2.05) is 29.2 Å². The Balaban J connectivity index is 0.00000363. The molecule has 0 atom stereocenters. The summed E-state index contributed by atoms with van der Waals surface area (Å²) in [4.78, 5) is 19.9. The van der Waals surface area contributed by atoms with E-state index in [0.717, 1.165) is 23.8 Å². The lowest BCUT2D eigenvalue weighted by Gasteiger charge is -2.32. The number of carbonyl (C=O) groups is 1. The summed E-state index contributed by atoms with van der Waals surface area (Å²) >= 11 is 0. The van der Waals surface area contributed by atoms with E-state index in [1.54, 1.807) is 21.2 Å². The van der Waals surface area contributed by atoms with E-state index in [1.165, 1.54) is 11.0 Å². The van der Waals surface area contributed by atoms with E-state index in [4.69, 9.17) is 4.74 Å². The molecule has 0 spiro atoms. The first-order valence-corrected chi connectivity index (χ1v) is 10.2. The number of hydrogen-bond acceptors (Lipinski definition) is 3. The van der Waals surface area contributed by atoms with Gasteiger partial charge in [0.15, 0.2) is 5.96 Å². The number of amides is 1. The number of hydrogen-bond donors (Lipinski definition) is 1. The van der Waals surface area contributed by atoms with E-state index in [0.29, 0.717) is 43.1 Å². The Bertz CT molecular complexity index is 952. The van der Waals surface area contributed by atoms with Crippen molar-refractivity contribution in [2.75, 3.05) is 40.8 Å². The molecule has 2 aromatic rings. The van der Waals surface area contributed by atoms with Gasteiger partial charge in [0.25, 0.3) is 0 Å². The number of methoxy groups -OCH3 is 1. The number of aliphatic imine (C=N–C) groups is 1. The van der Waals surface area contributed by atoms with Crippen LogP contribution in [0.3, 0.4) is 0 Å². The SMILES string of the molecule is COc1ccc(CCNC(=NCC(=O)N(C)C)N2CCc3c(F)cc(F)cc3C2)cc1.I. The number of ether oxygens (including phenoxy) is 1. The predicted octanol–water partition coefficient (Wildman–Crippen LogP) is 3.23. The second kappa shape index (κ2) is 12.0. The van der Waals surface area contributed by atoms with Gasteiger partial charge in [-0.3, -0.25) is 4.79 Å². The van der Waals surface area contributed by atoms with Crippen LogP contribution in [0.1, 0.15) is 16.7 Å². The smallest absolute Gasteiger partial charge is 0.243 e. The van der Waals surface area contributed by atoms with Gasteiger partial charge >= 0.3 is 0 Å². The van der Waals surface area contributed by atoms with Gasteiger partial charge in [-0.05, 0) is 47.7 Å². The Labute approximate surface area is 204 Å². The first-order valence-electron chi connectivity index (χ1n) is 10.2. The van der Waals surface area contributed by atoms with Gasteiger partial charge in [0.1, 0.15) is 23.9 Å². The Morgan fingerprint density at radius 3 is 2.59 bits per heavy atom. The average molecular weight is 558 g/mol. The van der Waals surface area contributed by atoms with Gasteiger partial charge in [-0.1, -0.05) is 12.1 Å². The van der Waals surface area contributed by atoms with Crippen LogP contribution in [0.15, 0.2) is 41.4 Å². The Morgan fingerprint density at radius 2 is 1.94 bits per heavy atom. The third-order valence-electron chi connectivity index (χ3n) is 5.26. The lowest BCUT2D eigenvalue weighted by molar-refractivity contribution is -0.127. The van der Waals surface area contributed by atoms with Crippen LogP contribution in [0.5, 0.6) is 5.75 Å². The van der Waals surface area contributed by atoms with Crippen molar-refractivity contribution < 1.29 is 18.3 Å².